The second-order valence-electron chi connectivity index (χ2n) is 8.11. The molecular formula is C19H30N4O6S. The van der Waals surface area contributed by atoms with Crippen molar-refractivity contribution in [2.75, 3.05) is 51.8 Å². The Hall–Kier alpha value is -1.79. The molecule has 30 heavy (non-hydrogen) atoms. The lowest BCUT2D eigenvalue weighted by molar-refractivity contribution is -0.384. The Morgan fingerprint density at radius 2 is 2.13 bits per heavy atom. The van der Waals surface area contributed by atoms with Gasteiger partial charge < -0.3 is 19.6 Å². The maximum Gasteiger partial charge on any atom is 0.293 e. The van der Waals surface area contributed by atoms with Gasteiger partial charge in [0.05, 0.1) is 22.5 Å². The van der Waals surface area contributed by atoms with Crippen LogP contribution in [-0.4, -0.2) is 82.4 Å². The number of nitrogens with one attached hydrogen (secondary N) is 1. The lowest BCUT2D eigenvalue weighted by Crippen LogP contribution is -2.46. The Morgan fingerprint density at radius 3 is 2.80 bits per heavy atom. The van der Waals surface area contributed by atoms with Crippen molar-refractivity contribution >= 4 is 21.4 Å². The quantitative estimate of drug-likeness (QED) is 0.447. The van der Waals surface area contributed by atoms with E-state index in [0.717, 1.165) is 18.9 Å². The minimum absolute atomic E-state index is 0.0836. The summed E-state index contributed by atoms with van der Waals surface area (Å²) in [7, 11) is -0.199. The first-order valence-corrected chi connectivity index (χ1v) is 11.6. The van der Waals surface area contributed by atoms with Gasteiger partial charge in [0.15, 0.2) is 0 Å². The number of rotatable bonds is 8. The molecule has 1 aromatic rings. The molecule has 3 rings (SSSR count). The summed E-state index contributed by atoms with van der Waals surface area (Å²) in [5.41, 5.74) is 0.135. The molecule has 2 N–H and O–H groups in total. The number of sulfonamides is 1. The summed E-state index contributed by atoms with van der Waals surface area (Å²) in [5.74, 6) is -0.128. The van der Waals surface area contributed by atoms with E-state index < -0.39 is 21.1 Å². The van der Waals surface area contributed by atoms with Crippen LogP contribution in [0.5, 0.6) is 0 Å². The van der Waals surface area contributed by atoms with E-state index in [1.807, 2.05) is 23.9 Å². The van der Waals surface area contributed by atoms with E-state index in [4.69, 9.17) is 4.74 Å². The van der Waals surface area contributed by atoms with E-state index in [1.165, 1.54) is 12.1 Å². The fourth-order valence-corrected chi connectivity index (χ4v) is 5.24. The van der Waals surface area contributed by atoms with Gasteiger partial charge in [0.25, 0.3) is 5.69 Å². The van der Waals surface area contributed by atoms with Crippen molar-refractivity contribution in [3.05, 3.63) is 28.3 Å². The van der Waals surface area contributed by atoms with Crippen molar-refractivity contribution in [1.29, 1.82) is 0 Å². The molecule has 2 aliphatic heterocycles. The van der Waals surface area contributed by atoms with Gasteiger partial charge in [-0.2, -0.15) is 0 Å². The summed E-state index contributed by atoms with van der Waals surface area (Å²) in [6.45, 7) is 2.26. The lowest BCUT2D eigenvalue weighted by atomic mass is 9.89. The highest BCUT2D eigenvalue weighted by molar-refractivity contribution is 7.89. The number of hydrogen-bond donors (Lipinski definition) is 2. The molecule has 168 valence electrons. The zero-order chi connectivity index (χ0) is 21.9. The monoisotopic (exact) mass is 442 g/mol. The van der Waals surface area contributed by atoms with Crippen LogP contribution in [0, 0.1) is 16.0 Å². The number of aliphatic hydroxyl groups excluding tert-OH is 1. The first kappa shape index (κ1) is 22.9. The van der Waals surface area contributed by atoms with E-state index in [9.17, 15) is 23.6 Å². The highest BCUT2D eigenvalue weighted by atomic mass is 32.2. The Kier molecular flexibility index (Phi) is 7.30. The fourth-order valence-electron chi connectivity index (χ4n) is 4.20. The second-order valence-corrected chi connectivity index (χ2v) is 9.87. The topological polar surface area (TPSA) is 125 Å². The summed E-state index contributed by atoms with van der Waals surface area (Å²) in [4.78, 5) is 14.9. The molecule has 10 nitrogen and oxygen atoms in total. The standard InChI is InChI=1S/C19H30N4O6S/c1-21(2)10-8-20-30(27,28)14-5-6-17(18(12-14)23(25)26)22-9-3-4-16(22)15-13-29-11-7-19(15)24/h5-6,12,15-16,19-20,24H,3-4,7-11,13H2,1-2H3/t15-,16+,19-/m0/s1. The maximum atomic E-state index is 12.6. The molecular weight excluding hydrogens is 412 g/mol. The molecule has 0 aromatic heterocycles. The largest absolute Gasteiger partial charge is 0.393 e. The predicted molar refractivity (Wildman–Crippen MR) is 112 cm³/mol. The van der Waals surface area contributed by atoms with Crippen molar-refractivity contribution in [1.82, 2.24) is 9.62 Å². The molecule has 2 saturated heterocycles. The molecule has 0 unspecified atom stereocenters. The predicted octanol–water partition coefficient (Wildman–Crippen LogP) is 0.801. The molecule has 0 radical (unpaired) electrons. The Balaban J connectivity index is 1.87. The van der Waals surface area contributed by atoms with Crippen LogP contribution in [0.15, 0.2) is 23.1 Å². The Bertz CT molecular complexity index is 863. The van der Waals surface area contributed by atoms with Gasteiger partial charge in [0, 0.05) is 44.3 Å². The van der Waals surface area contributed by atoms with Crippen LogP contribution in [0.3, 0.4) is 0 Å². The van der Waals surface area contributed by atoms with Gasteiger partial charge in [0.1, 0.15) is 5.69 Å². The van der Waals surface area contributed by atoms with Gasteiger partial charge in [-0.25, -0.2) is 13.1 Å². The van der Waals surface area contributed by atoms with Crippen molar-refractivity contribution in [3.8, 4) is 0 Å². The molecule has 1 aromatic carbocycles. The highest BCUT2D eigenvalue weighted by Gasteiger charge is 2.39. The molecule has 0 spiro atoms. The minimum atomic E-state index is -3.85. The fraction of sp³-hybridized carbons (Fsp3) is 0.684. The molecule has 0 bridgehead atoms. The minimum Gasteiger partial charge on any atom is -0.393 e. The van der Waals surface area contributed by atoms with E-state index >= 15 is 0 Å². The van der Waals surface area contributed by atoms with Crippen molar-refractivity contribution < 1.29 is 23.2 Å². The van der Waals surface area contributed by atoms with E-state index in [0.29, 0.717) is 38.4 Å². The van der Waals surface area contributed by atoms with Crippen LogP contribution in [-0.2, 0) is 14.8 Å². The molecule has 2 heterocycles. The molecule has 2 fully saturated rings. The van der Waals surface area contributed by atoms with Gasteiger partial charge in [-0.1, -0.05) is 0 Å². The van der Waals surface area contributed by atoms with Gasteiger partial charge in [-0.15, -0.1) is 0 Å². The van der Waals surface area contributed by atoms with E-state index in [1.54, 1.807) is 0 Å². The maximum absolute atomic E-state index is 12.6. The number of nitro groups is 1. The van der Waals surface area contributed by atoms with Gasteiger partial charge in [0.2, 0.25) is 10.0 Å². The number of hydrogen-bond acceptors (Lipinski definition) is 8. The number of aliphatic hydroxyl groups is 1. The Morgan fingerprint density at radius 1 is 1.37 bits per heavy atom. The van der Waals surface area contributed by atoms with Gasteiger partial charge >= 0.3 is 0 Å². The van der Waals surface area contributed by atoms with Crippen LogP contribution in [0.25, 0.3) is 0 Å². The lowest BCUT2D eigenvalue weighted by Gasteiger charge is -2.37. The van der Waals surface area contributed by atoms with Crippen molar-refractivity contribution in [2.45, 2.75) is 36.3 Å². The molecule has 0 saturated carbocycles. The number of anilines is 1. The van der Waals surface area contributed by atoms with E-state index in [2.05, 4.69) is 4.72 Å². The summed E-state index contributed by atoms with van der Waals surface area (Å²) in [6.07, 6.45) is 1.68. The third-order valence-electron chi connectivity index (χ3n) is 5.77. The number of benzene rings is 1. The number of ether oxygens (including phenoxy) is 1. The number of nitro benzene ring substituents is 1. The van der Waals surface area contributed by atoms with E-state index in [-0.39, 0.29) is 29.1 Å². The average Bonchev–Trinajstić information content (AvgIpc) is 3.16. The zero-order valence-corrected chi connectivity index (χ0v) is 18.2. The smallest absolute Gasteiger partial charge is 0.293 e. The zero-order valence-electron chi connectivity index (χ0n) is 17.4. The average molecular weight is 443 g/mol. The van der Waals surface area contributed by atoms with Gasteiger partial charge in [-0.05, 0) is 45.5 Å². The van der Waals surface area contributed by atoms with Crippen LogP contribution in [0.1, 0.15) is 19.3 Å². The number of nitrogens with zero attached hydrogens (tertiary/aromatic N) is 3. The molecule has 2 aliphatic rings. The molecule has 0 aliphatic carbocycles. The highest BCUT2D eigenvalue weighted by Crippen LogP contribution is 2.39. The van der Waals surface area contributed by atoms with Crippen molar-refractivity contribution in [2.24, 2.45) is 5.92 Å². The van der Waals surface area contributed by atoms with Crippen LogP contribution < -0.4 is 9.62 Å². The van der Waals surface area contributed by atoms with Crippen molar-refractivity contribution in [3.63, 3.8) is 0 Å². The third kappa shape index (κ3) is 5.09. The molecule has 0 amide bonds. The Labute approximate surface area is 177 Å². The first-order valence-electron chi connectivity index (χ1n) is 10.2. The summed E-state index contributed by atoms with van der Waals surface area (Å²) >= 11 is 0. The normalized spacial score (nSPS) is 25.1. The SMILES string of the molecule is CN(C)CCNS(=O)(=O)c1ccc(N2CCC[C@@H]2[C@@H]2COCC[C@@H]2O)c([N+](=O)[O-])c1. The van der Waals surface area contributed by atoms with Gasteiger partial charge in [-0.3, -0.25) is 10.1 Å². The van der Waals surface area contributed by atoms with Crippen LogP contribution in [0.4, 0.5) is 11.4 Å². The summed E-state index contributed by atoms with van der Waals surface area (Å²) in [5, 5.41) is 22.2. The second kappa shape index (κ2) is 9.56. The molecule has 3 atom stereocenters. The summed E-state index contributed by atoms with van der Waals surface area (Å²) < 4.78 is 33.1. The third-order valence-corrected chi connectivity index (χ3v) is 7.23. The molecule has 11 heteroatoms. The number of likely N-dealkylation sites (N-methyl/N-ethyl adjacent to an activating group) is 1. The first-order chi connectivity index (χ1) is 14.2. The summed E-state index contributed by atoms with van der Waals surface area (Å²) in [6, 6.07) is 3.95. The van der Waals surface area contributed by atoms with Crippen LogP contribution in [0.2, 0.25) is 0 Å². The van der Waals surface area contributed by atoms with Crippen LogP contribution >= 0.6 is 0 Å².